The summed E-state index contributed by atoms with van der Waals surface area (Å²) in [6.07, 6.45) is -6.91. The molecule has 0 amide bonds. The van der Waals surface area contributed by atoms with Gasteiger partial charge in [0.1, 0.15) is 0 Å². The number of hydrogen-bond acceptors (Lipinski definition) is 2. The number of halogens is 3. The second-order valence-corrected chi connectivity index (χ2v) is 5.57. The number of alkyl halides is 3. The predicted octanol–water partition coefficient (Wildman–Crippen LogP) is 3.71. The second-order valence-electron chi connectivity index (χ2n) is 5.57. The molecule has 0 fully saturated rings. The van der Waals surface area contributed by atoms with Crippen LogP contribution < -0.4 is 5.56 Å². The fraction of sp³-hybridized carbons (Fsp3) is 0.167. The molecule has 1 heterocycles. The minimum absolute atomic E-state index is 0.223. The molecular formula is C18H14F3NO2. The first-order valence-electron chi connectivity index (χ1n) is 7.29. The Kier molecular flexibility index (Phi) is 4.15. The first kappa shape index (κ1) is 16.3. The van der Waals surface area contributed by atoms with E-state index in [-0.39, 0.29) is 11.1 Å². The zero-order chi connectivity index (χ0) is 17.3. The van der Waals surface area contributed by atoms with Gasteiger partial charge in [-0.25, -0.2) is 0 Å². The van der Waals surface area contributed by atoms with Gasteiger partial charge in [-0.15, -0.1) is 0 Å². The van der Waals surface area contributed by atoms with Gasteiger partial charge in [-0.3, -0.25) is 4.79 Å². The van der Waals surface area contributed by atoms with Crippen LogP contribution in [0.1, 0.15) is 22.8 Å². The molecule has 0 radical (unpaired) electrons. The molecule has 2 N–H and O–H groups in total. The lowest BCUT2D eigenvalue weighted by Crippen LogP contribution is -2.20. The Morgan fingerprint density at radius 3 is 2.38 bits per heavy atom. The number of para-hydroxylation sites is 1. The number of aromatic nitrogens is 1. The van der Waals surface area contributed by atoms with E-state index in [0.29, 0.717) is 17.5 Å². The second kappa shape index (κ2) is 6.13. The predicted molar refractivity (Wildman–Crippen MR) is 84.8 cm³/mol. The summed E-state index contributed by atoms with van der Waals surface area (Å²) in [5.74, 6) is 0. The average molecular weight is 333 g/mol. The smallest absolute Gasteiger partial charge is 0.379 e. The molecule has 0 saturated carbocycles. The molecule has 0 spiro atoms. The van der Waals surface area contributed by atoms with E-state index in [1.165, 1.54) is 24.3 Å². The minimum Gasteiger partial charge on any atom is -0.379 e. The van der Waals surface area contributed by atoms with Crippen molar-refractivity contribution in [3.05, 3.63) is 81.6 Å². The van der Waals surface area contributed by atoms with Crippen molar-refractivity contribution in [3.8, 4) is 0 Å². The van der Waals surface area contributed by atoms with Crippen LogP contribution in [0.25, 0.3) is 10.9 Å². The third kappa shape index (κ3) is 3.33. The van der Waals surface area contributed by atoms with Crippen molar-refractivity contribution in [2.45, 2.75) is 18.7 Å². The van der Waals surface area contributed by atoms with E-state index in [0.717, 1.165) is 10.9 Å². The van der Waals surface area contributed by atoms with E-state index in [1.54, 1.807) is 12.1 Å². The first-order chi connectivity index (χ1) is 11.3. The number of aromatic amines is 1. The lowest BCUT2D eigenvalue weighted by molar-refractivity contribution is -0.206. The lowest BCUT2D eigenvalue weighted by Gasteiger charge is -2.15. The Morgan fingerprint density at radius 1 is 1.04 bits per heavy atom. The highest BCUT2D eigenvalue weighted by Gasteiger charge is 2.39. The minimum atomic E-state index is -4.70. The van der Waals surface area contributed by atoms with Gasteiger partial charge in [0.2, 0.25) is 0 Å². The third-order valence-electron chi connectivity index (χ3n) is 3.83. The monoisotopic (exact) mass is 333 g/mol. The quantitative estimate of drug-likeness (QED) is 0.768. The molecule has 0 aliphatic heterocycles. The summed E-state index contributed by atoms with van der Waals surface area (Å²) < 4.78 is 37.5. The van der Waals surface area contributed by atoms with E-state index in [2.05, 4.69) is 4.98 Å². The standard InChI is InChI=1S/C18H14F3NO2/c19-18(20,21)16(23)12-7-5-11(6-8-12)9-14-10-13-3-1-2-4-15(13)22-17(14)24/h1-8,10,16,23H,9H2,(H,22,24). The Labute approximate surface area is 135 Å². The lowest BCUT2D eigenvalue weighted by atomic mass is 10.0. The maximum Gasteiger partial charge on any atom is 0.418 e. The van der Waals surface area contributed by atoms with Crippen LogP contribution in [0.4, 0.5) is 13.2 Å². The van der Waals surface area contributed by atoms with Gasteiger partial charge in [-0.05, 0) is 28.6 Å². The van der Waals surface area contributed by atoms with Crippen LogP contribution in [-0.4, -0.2) is 16.3 Å². The van der Waals surface area contributed by atoms with Gasteiger partial charge in [0.25, 0.3) is 5.56 Å². The number of rotatable bonds is 3. The normalized spacial score (nSPS) is 13.2. The van der Waals surface area contributed by atoms with Gasteiger partial charge >= 0.3 is 6.18 Å². The van der Waals surface area contributed by atoms with Crippen molar-refractivity contribution in [3.63, 3.8) is 0 Å². The molecule has 24 heavy (non-hydrogen) atoms. The Bertz CT molecular complexity index is 914. The molecule has 0 bridgehead atoms. The van der Waals surface area contributed by atoms with Gasteiger partial charge in [0.05, 0.1) is 0 Å². The topological polar surface area (TPSA) is 53.1 Å². The van der Waals surface area contributed by atoms with Gasteiger partial charge < -0.3 is 10.1 Å². The summed E-state index contributed by atoms with van der Waals surface area (Å²) in [6, 6.07) is 14.5. The van der Waals surface area contributed by atoms with E-state index >= 15 is 0 Å². The number of fused-ring (bicyclic) bond motifs is 1. The number of H-pyrrole nitrogens is 1. The van der Waals surface area contributed by atoms with Crippen LogP contribution in [0.2, 0.25) is 0 Å². The van der Waals surface area contributed by atoms with Crippen molar-refractivity contribution >= 4 is 10.9 Å². The fourth-order valence-corrected chi connectivity index (χ4v) is 2.55. The average Bonchev–Trinajstić information content (AvgIpc) is 2.55. The summed E-state index contributed by atoms with van der Waals surface area (Å²) in [4.78, 5) is 14.9. The Hall–Kier alpha value is -2.60. The number of hydrogen-bond donors (Lipinski definition) is 2. The van der Waals surface area contributed by atoms with Crippen LogP contribution in [-0.2, 0) is 6.42 Å². The number of pyridine rings is 1. The molecule has 0 aliphatic carbocycles. The van der Waals surface area contributed by atoms with Crippen LogP contribution >= 0.6 is 0 Å². The van der Waals surface area contributed by atoms with Crippen molar-refractivity contribution in [1.82, 2.24) is 4.98 Å². The van der Waals surface area contributed by atoms with Crippen LogP contribution in [0.5, 0.6) is 0 Å². The molecule has 1 atom stereocenters. The van der Waals surface area contributed by atoms with E-state index in [1.807, 2.05) is 18.2 Å². The summed E-state index contributed by atoms with van der Waals surface area (Å²) >= 11 is 0. The summed E-state index contributed by atoms with van der Waals surface area (Å²) in [5.41, 5.74) is 1.49. The molecule has 3 rings (SSSR count). The van der Waals surface area contributed by atoms with Crippen molar-refractivity contribution in [2.24, 2.45) is 0 Å². The molecule has 6 heteroatoms. The molecule has 124 valence electrons. The summed E-state index contributed by atoms with van der Waals surface area (Å²) in [5, 5.41) is 10.1. The van der Waals surface area contributed by atoms with E-state index in [4.69, 9.17) is 0 Å². The Morgan fingerprint density at radius 2 is 1.71 bits per heavy atom. The van der Waals surface area contributed by atoms with E-state index in [9.17, 15) is 23.1 Å². The highest BCUT2D eigenvalue weighted by atomic mass is 19.4. The molecule has 1 unspecified atom stereocenters. The van der Waals surface area contributed by atoms with Gasteiger partial charge in [-0.2, -0.15) is 13.2 Å². The first-order valence-corrected chi connectivity index (χ1v) is 7.29. The number of aliphatic hydroxyl groups excluding tert-OH is 1. The molecule has 0 aliphatic rings. The molecule has 2 aromatic carbocycles. The molecule has 3 aromatic rings. The number of benzene rings is 2. The fourth-order valence-electron chi connectivity index (χ4n) is 2.55. The number of aliphatic hydroxyl groups is 1. The Balaban J connectivity index is 1.87. The molecule has 1 aromatic heterocycles. The summed E-state index contributed by atoms with van der Waals surface area (Å²) in [7, 11) is 0. The van der Waals surface area contributed by atoms with E-state index < -0.39 is 12.3 Å². The number of nitrogens with one attached hydrogen (secondary N) is 1. The van der Waals surface area contributed by atoms with Crippen molar-refractivity contribution in [2.75, 3.05) is 0 Å². The van der Waals surface area contributed by atoms with Crippen LogP contribution in [0.3, 0.4) is 0 Å². The summed E-state index contributed by atoms with van der Waals surface area (Å²) in [6.45, 7) is 0. The van der Waals surface area contributed by atoms with Crippen molar-refractivity contribution in [1.29, 1.82) is 0 Å². The molecule has 3 nitrogen and oxygen atoms in total. The van der Waals surface area contributed by atoms with Crippen molar-refractivity contribution < 1.29 is 18.3 Å². The maximum absolute atomic E-state index is 12.5. The third-order valence-corrected chi connectivity index (χ3v) is 3.83. The van der Waals surface area contributed by atoms with Crippen LogP contribution in [0, 0.1) is 0 Å². The highest BCUT2D eigenvalue weighted by molar-refractivity contribution is 5.78. The maximum atomic E-state index is 12.5. The zero-order valence-corrected chi connectivity index (χ0v) is 12.5. The largest absolute Gasteiger partial charge is 0.418 e. The zero-order valence-electron chi connectivity index (χ0n) is 12.5. The SMILES string of the molecule is O=c1[nH]c2ccccc2cc1Cc1ccc(C(O)C(F)(F)F)cc1. The van der Waals surface area contributed by atoms with Gasteiger partial charge in [0.15, 0.2) is 6.10 Å². The van der Waals surface area contributed by atoms with Gasteiger partial charge in [-0.1, -0.05) is 42.5 Å². The van der Waals surface area contributed by atoms with Crippen LogP contribution in [0.15, 0.2) is 59.4 Å². The van der Waals surface area contributed by atoms with Gasteiger partial charge in [0, 0.05) is 17.5 Å². The highest BCUT2D eigenvalue weighted by Crippen LogP contribution is 2.32. The molecule has 0 saturated heterocycles. The molecular weight excluding hydrogens is 319 g/mol.